The minimum Gasteiger partial charge on any atom is -0.489 e. The van der Waals surface area contributed by atoms with Gasteiger partial charge < -0.3 is 19.1 Å². The highest BCUT2D eigenvalue weighted by atomic mass is 32.1. The lowest BCUT2D eigenvalue weighted by atomic mass is 9.94. The van der Waals surface area contributed by atoms with Crippen LogP contribution in [0.5, 0.6) is 5.75 Å². The zero-order valence-corrected chi connectivity index (χ0v) is 32.1. The van der Waals surface area contributed by atoms with Crippen LogP contribution in [0.4, 0.5) is 10.9 Å². The second kappa shape index (κ2) is 15.3. The van der Waals surface area contributed by atoms with Crippen molar-refractivity contribution in [3.63, 3.8) is 0 Å². The molecular weight excluding hydrogens is 677 g/mol. The quantitative estimate of drug-likeness (QED) is 0.0546. The number of para-hydroxylation sites is 2. The van der Waals surface area contributed by atoms with Crippen LogP contribution in [-0.2, 0) is 29.0 Å². The number of benzene rings is 3. The molecular formula is C40H46N4O5SSi. The summed E-state index contributed by atoms with van der Waals surface area (Å²) in [6.45, 7) is 14.4. The lowest BCUT2D eigenvalue weighted by Crippen LogP contribution is -2.37. The summed E-state index contributed by atoms with van der Waals surface area (Å²) in [5.41, 5.74) is 3.64. The highest BCUT2D eigenvalue weighted by Gasteiger charge is 2.29. The topological polar surface area (TPSA) is 94.1 Å². The van der Waals surface area contributed by atoms with E-state index in [9.17, 15) is 9.59 Å². The summed E-state index contributed by atoms with van der Waals surface area (Å²) in [5, 5.41) is 0.608. The molecule has 0 atom stereocenters. The van der Waals surface area contributed by atoms with Crippen molar-refractivity contribution in [2.24, 2.45) is 0 Å². The number of carbonyl (C=O) groups is 2. The lowest BCUT2D eigenvalue weighted by molar-refractivity contribution is 0.00600. The van der Waals surface area contributed by atoms with E-state index < -0.39 is 19.6 Å². The summed E-state index contributed by atoms with van der Waals surface area (Å²) in [6, 6.07) is 28.1. The van der Waals surface area contributed by atoms with Gasteiger partial charge in [0.05, 0.1) is 10.2 Å². The van der Waals surface area contributed by atoms with Gasteiger partial charge in [-0.2, -0.15) is 0 Å². The molecule has 1 aliphatic rings. The van der Waals surface area contributed by atoms with Crippen LogP contribution in [0.3, 0.4) is 0 Å². The molecule has 0 fully saturated rings. The monoisotopic (exact) mass is 722 g/mol. The van der Waals surface area contributed by atoms with Crippen molar-refractivity contribution in [3.8, 4) is 5.75 Å². The van der Waals surface area contributed by atoms with E-state index in [4.69, 9.17) is 24.2 Å². The van der Waals surface area contributed by atoms with E-state index in [1.165, 1.54) is 11.3 Å². The van der Waals surface area contributed by atoms with Crippen LogP contribution in [0.1, 0.15) is 58.3 Å². The number of aromatic nitrogens is 2. The second-order valence-electron chi connectivity index (χ2n) is 14.9. The molecule has 0 aliphatic carbocycles. The van der Waals surface area contributed by atoms with Crippen molar-refractivity contribution >= 4 is 52.5 Å². The van der Waals surface area contributed by atoms with Crippen molar-refractivity contribution in [2.75, 3.05) is 29.7 Å². The van der Waals surface area contributed by atoms with E-state index in [2.05, 4.69) is 30.6 Å². The number of nitrogens with zero attached hydrogens (tertiary/aromatic N) is 4. The van der Waals surface area contributed by atoms with Crippen molar-refractivity contribution in [2.45, 2.75) is 71.6 Å². The van der Waals surface area contributed by atoms with Crippen LogP contribution < -0.4 is 14.5 Å². The highest BCUT2D eigenvalue weighted by molar-refractivity contribution is 7.22. The van der Waals surface area contributed by atoms with Crippen molar-refractivity contribution < 1.29 is 23.8 Å². The van der Waals surface area contributed by atoms with Crippen LogP contribution in [-0.4, -0.2) is 55.4 Å². The van der Waals surface area contributed by atoms with E-state index in [0.717, 1.165) is 27.4 Å². The average Bonchev–Trinajstić information content (AvgIpc) is 3.53. The predicted molar refractivity (Wildman–Crippen MR) is 207 cm³/mol. The molecule has 3 heterocycles. The van der Waals surface area contributed by atoms with Crippen LogP contribution in [0.2, 0.25) is 25.7 Å². The van der Waals surface area contributed by atoms with Gasteiger partial charge in [0.2, 0.25) is 0 Å². The summed E-state index contributed by atoms with van der Waals surface area (Å²) in [6.07, 6.45) is 0.715. The molecule has 0 N–H and O–H groups in total. The number of pyridine rings is 1. The summed E-state index contributed by atoms with van der Waals surface area (Å²) in [7, 11) is -1.32. The zero-order chi connectivity index (χ0) is 36.2. The normalized spacial score (nSPS) is 13.2. The summed E-state index contributed by atoms with van der Waals surface area (Å²) in [5.74, 6) is 0.661. The largest absolute Gasteiger partial charge is 0.489 e. The number of carbonyl (C=O) groups excluding carboxylic acids is 2. The minimum absolute atomic E-state index is 0.115. The number of rotatable bonds is 12. The van der Waals surface area contributed by atoms with Gasteiger partial charge in [0.1, 0.15) is 30.5 Å². The molecule has 2 aromatic heterocycles. The molecule has 0 bridgehead atoms. The molecule has 11 heteroatoms. The fourth-order valence-corrected chi connectivity index (χ4v) is 7.49. The van der Waals surface area contributed by atoms with Crippen LogP contribution >= 0.6 is 11.3 Å². The average molecular weight is 723 g/mol. The molecule has 51 heavy (non-hydrogen) atoms. The van der Waals surface area contributed by atoms with Gasteiger partial charge in [-0.05, 0) is 86.8 Å². The van der Waals surface area contributed by atoms with E-state index in [1.807, 2.05) is 99.6 Å². The maximum Gasteiger partial charge on any atom is 0.357 e. The van der Waals surface area contributed by atoms with Gasteiger partial charge >= 0.3 is 5.97 Å². The van der Waals surface area contributed by atoms with E-state index >= 15 is 0 Å². The zero-order valence-electron chi connectivity index (χ0n) is 30.3. The minimum atomic E-state index is -1.32. The highest BCUT2D eigenvalue weighted by Crippen LogP contribution is 2.33. The Morgan fingerprint density at radius 1 is 0.922 bits per heavy atom. The van der Waals surface area contributed by atoms with E-state index in [0.29, 0.717) is 53.9 Å². The van der Waals surface area contributed by atoms with Gasteiger partial charge in [0.15, 0.2) is 10.8 Å². The van der Waals surface area contributed by atoms with E-state index in [-0.39, 0.29) is 24.9 Å². The Kier molecular flexibility index (Phi) is 10.9. The Labute approximate surface area is 305 Å². The Bertz CT molecular complexity index is 1970. The fraction of sp³-hybridized carbons (Fsp3) is 0.350. The molecule has 266 valence electrons. The third-order valence-electron chi connectivity index (χ3n) is 8.50. The van der Waals surface area contributed by atoms with Gasteiger partial charge in [-0.25, -0.2) is 14.8 Å². The number of thiazole rings is 1. The number of esters is 1. The number of hydrogen-bond acceptors (Lipinski definition) is 9. The summed E-state index contributed by atoms with van der Waals surface area (Å²) >= 11 is 1.49. The van der Waals surface area contributed by atoms with Gasteiger partial charge in [0.25, 0.3) is 5.91 Å². The standard InChI is InChI=1S/C40H46N4O5SSi/c1-40(2,3)49-38(46)36-29(26-48-30-14-8-7-9-15-30)19-20-35(42-36)43-22-21-28-13-12-16-31(32(28)25-43)37(45)44(27-47-23-24-51(4,5)6)39-41-33-17-10-11-18-34(33)50-39/h7-20H,21-27H2,1-6H3. The van der Waals surface area contributed by atoms with Gasteiger partial charge in [-0.3, -0.25) is 9.69 Å². The maximum absolute atomic E-state index is 14.6. The third kappa shape index (κ3) is 9.21. The molecule has 1 aliphatic heterocycles. The Balaban J connectivity index is 1.29. The molecule has 0 saturated heterocycles. The predicted octanol–water partition coefficient (Wildman–Crippen LogP) is 8.75. The first-order valence-corrected chi connectivity index (χ1v) is 21.9. The number of ether oxygens (including phenoxy) is 3. The fourth-order valence-electron chi connectivity index (χ4n) is 5.78. The van der Waals surface area contributed by atoms with Crippen LogP contribution in [0.15, 0.2) is 84.9 Å². The van der Waals surface area contributed by atoms with Crippen molar-refractivity contribution in [1.82, 2.24) is 9.97 Å². The molecule has 0 radical (unpaired) electrons. The lowest BCUT2D eigenvalue weighted by Gasteiger charge is -2.32. The number of hydrogen-bond donors (Lipinski definition) is 0. The molecule has 6 rings (SSSR count). The number of fused-ring (bicyclic) bond motifs is 2. The first-order valence-electron chi connectivity index (χ1n) is 17.4. The van der Waals surface area contributed by atoms with Gasteiger partial charge in [-0.1, -0.05) is 73.4 Å². The number of amides is 1. The SMILES string of the molecule is CC(C)(C)OC(=O)c1nc(N2CCc3cccc(C(=O)N(COCC[Si](C)(C)C)c4nc5ccccc5s4)c3C2)ccc1COc1ccccc1. The third-order valence-corrected chi connectivity index (χ3v) is 11.3. The molecule has 9 nitrogen and oxygen atoms in total. The maximum atomic E-state index is 14.6. The van der Waals surface area contributed by atoms with Crippen LogP contribution in [0, 0.1) is 0 Å². The Hall–Kier alpha value is -4.58. The van der Waals surface area contributed by atoms with Crippen molar-refractivity contribution in [1.29, 1.82) is 0 Å². The van der Waals surface area contributed by atoms with Gasteiger partial charge in [-0.15, -0.1) is 0 Å². The smallest absolute Gasteiger partial charge is 0.357 e. The Morgan fingerprint density at radius 3 is 2.43 bits per heavy atom. The molecule has 5 aromatic rings. The van der Waals surface area contributed by atoms with Gasteiger partial charge in [0, 0.05) is 38.9 Å². The van der Waals surface area contributed by atoms with Crippen LogP contribution in [0.25, 0.3) is 10.2 Å². The second-order valence-corrected chi connectivity index (χ2v) is 21.6. The van der Waals surface area contributed by atoms with Crippen molar-refractivity contribution in [3.05, 3.63) is 113 Å². The molecule has 0 unspecified atom stereocenters. The van der Waals surface area contributed by atoms with E-state index in [1.54, 1.807) is 4.90 Å². The summed E-state index contributed by atoms with van der Waals surface area (Å²) < 4.78 is 18.9. The summed E-state index contributed by atoms with van der Waals surface area (Å²) in [4.78, 5) is 41.5. The number of anilines is 2. The molecule has 3 aromatic carbocycles. The first kappa shape index (κ1) is 36.2. The molecule has 1 amide bonds. The first-order chi connectivity index (χ1) is 24.3. The Morgan fingerprint density at radius 2 is 1.69 bits per heavy atom. The molecule has 0 saturated carbocycles. The molecule has 0 spiro atoms.